The zero-order valence-corrected chi connectivity index (χ0v) is 13.7. The van der Waals surface area contributed by atoms with Crippen molar-refractivity contribution in [3.8, 4) is 0 Å². The quantitative estimate of drug-likeness (QED) is 0.852. The molecule has 2 rings (SSSR count). The minimum absolute atomic E-state index is 0. The summed E-state index contributed by atoms with van der Waals surface area (Å²) in [5, 5.41) is 8.01. The normalized spacial score (nSPS) is 17.7. The monoisotopic (exact) mass is 340 g/mol. The molecule has 1 aromatic rings. The van der Waals surface area contributed by atoms with E-state index in [2.05, 4.69) is 15.6 Å². The van der Waals surface area contributed by atoms with E-state index in [-0.39, 0.29) is 36.6 Å². The van der Waals surface area contributed by atoms with E-state index in [0.717, 1.165) is 6.54 Å². The Balaban J connectivity index is 0.00000180. The predicted octanol–water partition coefficient (Wildman–Crippen LogP) is 1.38. The van der Waals surface area contributed by atoms with E-state index in [1.54, 1.807) is 10.3 Å². The number of hydrogen-bond donors (Lipinski definition) is 2. The predicted molar refractivity (Wildman–Crippen MR) is 84.3 cm³/mol. The number of anilines is 1. The molecule has 2 N–H and O–H groups in total. The smallest absolute Gasteiger partial charge is 0.273 e. The standard InChI is InChI=1S/C11H16N4O2S.2ClH/c1-7-5-15(4-3-12-7)10(17)9-6-18-11(14-9)13-8(2)16;;/h6-7,12H,3-5H2,1-2H3,(H,13,14,16);2*1H. The largest absolute Gasteiger partial charge is 0.334 e. The Labute approximate surface area is 134 Å². The molecular weight excluding hydrogens is 323 g/mol. The fraction of sp³-hybridized carbons (Fsp3) is 0.545. The number of nitrogens with one attached hydrogen (secondary N) is 2. The summed E-state index contributed by atoms with van der Waals surface area (Å²) in [6.07, 6.45) is 0. The van der Waals surface area contributed by atoms with Crippen LogP contribution in [0.15, 0.2) is 5.38 Å². The number of nitrogens with zero attached hydrogens (tertiary/aromatic N) is 2. The number of rotatable bonds is 2. The Hall–Kier alpha value is -0.890. The van der Waals surface area contributed by atoms with Crippen molar-refractivity contribution in [3.63, 3.8) is 0 Å². The first-order valence-corrected chi connectivity index (χ1v) is 6.70. The van der Waals surface area contributed by atoms with Crippen LogP contribution in [0.4, 0.5) is 5.13 Å². The molecule has 0 aromatic carbocycles. The Morgan fingerprint density at radius 1 is 1.50 bits per heavy atom. The zero-order chi connectivity index (χ0) is 13.1. The maximum atomic E-state index is 12.2. The first-order valence-electron chi connectivity index (χ1n) is 5.82. The molecule has 0 spiro atoms. The lowest BCUT2D eigenvalue weighted by Crippen LogP contribution is -2.51. The van der Waals surface area contributed by atoms with Crippen molar-refractivity contribution in [2.75, 3.05) is 25.0 Å². The van der Waals surface area contributed by atoms with Gasteiger partial charge in [-0.15, -0.1) is 36.2 Å². The van der Waals surface area contributed by atoms with E-state index in [1.165, 1.54) is 18.3 Å². The maximum Gasteiger partial charge on any atom is 0.273 e. The maximum absolute atomic E-state index is 12.2. The highest BCUT2D eigenvalue weighted by Crippen LogP contribution is 2.17. The van der Waals surface area contributed by atoms with Crippen molar-refractivity contribution >= 4 is 53.1 Å². The second kappa shape index (κ2) is 8.41. The SMILES string of the molecule is CC(=O)Nc1nc(C(=O)N2CCNC(C)C2)cs1.Cl.Cl. The van der Waals surface area contributed by atoms with Crippen molar-refractivity contribution in [3.05, 3.63) is 11.1 Å². The number of thiazole rings is 1. The van der Waals surface area contributed by atoms with Crippen LogP contribution in [0.1, 0.15) is 24.3 Å². The number of piperazine rings is 1. The van der Waals surface area contributed by atoms with Crippen molar-refractivity contribution in [2.45, 2.75) is 19.9 Å². The third-order valence-electron chi connectivity index (χ3n) is 2.66. The molecule has 2 heterocycles. The molecule has 20 heavy (non-hydrogen) atoms. The lowest BCUT2D eigenvalue weighted by Gasteiger charge is -2.31. The van der Waals surface area contributed by atoms with Crippen LogP contribution in [-0.4, -0.2) is 47.4 Å². The van der Waals surface area contributed by atoms with E-state index >= 15 is 0 Å². The second-order valence-electron chi connectivity index (χ2n) is 4.33. The summed E-state index contributed by atoms with van der Waals surface area (Å²) in [7, 11) is 0. The van der Waals surface area contributed by atoms with Gasteiger partial charge in [0.05, 0.1) is 0 Å². The van der Waals surface area contributed by atoms with Gasteiger partial charge in [-0.3, -0.25) is 9.59 Å². The Morgan fingerprint density at radius 2 is 2.20 bits per heavy atom. The molecule has 0 radical (unpaired) electrons. The Morgan fingerprint density at radius 3 is 2.80 bits per heavy atom. The van der Waals surface area contributed by atoms with Crippen molar-refractivity contribution in [1.29, 1.82) is 0 Å². The van der Waals surface area contributed by atoms with Gasteiger partial charge in [0.25, 0.3) is 5.91 Å². The molecule has 9 heteroatoms. The summed E-state index contributed by atoms with van der Waals surface area (Å²) in [6, 6.07) is 0.302. The summed E-state index contributed by atoms with van der Waals surface area (Å²) in [5.41, 5.74) is 0.401. The topological polar surface area (TPSA) is 74.3 Å². The average Bonchev–Trinajstić information content (AvgIpc) is 2.75. The molecule has 0 saturated carbocycles. The van der Waals surface area contributed by atoms with Gasteiger partial charge >= 0.3 is 0 Å². The van der Waals surface area contributed by atoms with Gasteiger partial charge in [-0.05, 0) is 6.92 Å². The first kappa shape index (κ1) is 19.1. The Bertz CT molecular complexity index is 469. The van der Waals surface area contributed by atoms with Gasteiger partial charge < -0.3 is 15.5 Å². The second-order valence-corrected chi connectivity index (χ2v) is 5.18. The van der Waals surface area contributed by atoms with E-state index in [1.807, 2.05) is 6.92 Å². The van der Waals surface area contributed by atoms with E-state index in [0.29, 0.717) is 30.0 Å². The number of carbonyl (C=O) groups is 2. The molecule has 0 aliphatic carbocycles. The molecule has 1 atom stereocenters. The highest BCUT2D eigenvalue weighted by atomic mass is 35.5. The molecule has 1 fully saturated rings. The molecule has 0 bridgehead atoms. The van der Waals surface area contributed by atoms with Crippen LogP contribution in [0.5, 0.6) is 0 Å². The summed E-state index contributed by atoms with van der Waals surface area (Å²) in [6.45, 7) is 5.64. The van der Waals surface area contributed by atoms with Crippen LogP contribution in [-0.2, 0) is 4.79 Å². The highest BCUT2D eigenvalue weighted by molar-refractivity contribution is 7.14. The number of halogens is 2. The lowest BCUT2D eigenvalue weighted by atomic mass is 10.2. The molecule has 1 unspecified atom stereocenters. The van der Waals surface area contributed by atoms with Crippen molar-refractivity contribution < 1.29 is 9.59 Å². The highest BCUT2D eigenvalue weighted by Gasteiger charge is 2.23. The minimum atomic E-state index is -0.181. The molecule has 1 saturated heterocycles. The van der Waals surface area contributed by atoms with E-state index in [4.69, 9.17) is 0 Å². The van der Waals surface area contributed by atoms with Gasteiger partial charge in [0.15, 0.2) is 5.13 Å². The number of hydrogen-bond acceptors (Lipinski definition) is 5. The summed E-state index contributed by atoms with van der Waals surface area (Å²) in [5.74, 6) is -0.254. The summed E-state index contributed by atoms with van der Waals surface area (Å²) >= 11 is 1.26. The molecular formula is C11H18Cl2N4O2S. The van der Waals surface area contributed by atoms with Crippen LogP contribution in [0.25, 0.3) is 0 Å². The molecule has 6 nitrogen and oxygen atoms in total. The molecule has 1 aliphatic rings. The van der Waals surface area contributed by atoms with Gasteiger partial charge in [-0.2, -0.15) is 0 Å². The van der Waals surface area contributed by atoms with Gasteiger partial charge in [0.2, 0.25) is 5.91 Å². The van der Waals surface area contributed by atoms with Gasteiger partial charge in [-0.1, -0.05) is 0 Å². The van der Waals surface area contributed by atoms with Crippen LogP contribution >= 0.6 is 36.2 Å². The molecule has 1 aliphatic heterocycles. The number of aromatic nitrogens is 1. The number of amides is 2. The Kier molecular flexibility index (Phi) is 8.03. The van der Waals surface area contributed by atoms with Gasteiger partial charge in [-0.25, -0.2) is 4.98 Å². The third kappa shape index (κ3) is 4.90. The molecule has 114 valence electrons. The van der Waals surface area contributed by atoms with Crippen LogP contribution < -0.4 is 10.6 Å². The summed E-state index contributed by atoms with van der Waals surface area (Å²) in [4.78, 5) is 29.0. The zero-order valence-electron chi connectivity index (χ0n) is 11.2. The average molecular weight is 341 g/mol. The van der Waals surface area contributed by atoms with E-state index < -0.39 is 0 Å². The minimum Gasteiger partial charge on any atom is -0.334 e. The van der Waals surface area contributed by atoms with Gasteiger partial charge in [0.1, 0.15) is 5.69 Å². The van der Waals surface area contributed by atoms with Crippen LogP contribution in [0.3, 0.4) is 0 Å². The molecule has 2 amide bonds. The van der Waals surface area contributed by atoms with Gasteiger partial charge in [0, 0.05) is 38.0 Å². The fourth-order valence-electron chi connectivity index (χ4n) is 1.86. The molecule has 1 aromatic heterocycles. The van der Waals surface area contributed by atoms with Crippen molar-refractivity contribution in [2.24, 2.45) is 0 Å². The lowest BCUT2D eigenvalue weighted by molar-refractivity contribution is -0.114. The number of carbonyl (C=O) groups excluding carboxylic acids is 2. The third-order valence-corrected chi connectivity index (χ3v) is 3.42. The van der Waals surface area contributed by atoms with Crippen molar-refractivity contribution in [1.82, 2.24) is 15.2 Å². The van der Waals surface area contributed by atoms with Crippen LogP contribution in [0.2, 0.25) is 0 Å². The summed E-state index contributed by atoms with van der Waals surface area (Å²) < 4.78 is 0. The fourth-order valence-corrected chi connectivity index (χ4v) is 2.59. The first-order chi connectivity index (χ1) is 8.56. The van der Waals surface area contributed by atoms with E-state index in [9.17, 15) is 9.59 Å². The van der Waals surface area contributed by atoms with Crippen LogP contribution in [0, 0.1) is 0 Å².